The third-order valence-electron chi connectivity index (χ3n) is 11.2. The number of fused-ring (bicyclic) bond motifs is 3. The molecule has 0 radical (unpaired) electrons. The molecule has 2 aromatic carbocycles. The fourth-order valence-electron chi connectivity index (χ4n) is 8.27. The second kappa shape index (κ2) is 18.0. The monoisotopic (exact) mass is 771 g/mol. The maximum Gasteiger partial charge on any atom is 0.329 e. The van der Waals surface area contributed by atoms with Gasteiger partial charge in [0.25, 0.3) is 0 Å². The van der Waals surface area contributed by atoms with E-state index in [-0.39, 0.29) is 37.9 Å². The molecule has 8 atom stereocenters. The van der Waals surface area contributed by atoms with E-state index in [4.69, 9.17) is 4.74 Å². The molecule has 0 aliphatic carbocycles. The summed E-state index contributed by atoms with van der Waals surface area (Å²) in [4.78, 5) is 102. The molecule has 15 nitrogen and oxygen atoms in total. The average molecular weight is 772 g/mol. The Hall–Kier alpha value is -5.47. The molecule has 7 amide bonds. The van der Waals surface area contributed by atoms with Gasteiger partial charge in [-0.15, -0.1) is 0 Å². The van der Waals surface area contributed by atoms with Gasteiger partial charge in [0.15, 0.2) is 0 Å². The molecule has 0 saturated carbocycles. The van der Waals surface area contributed by atoms with Crippen molar-refractivity contribution in [3.63, 3.8) is 0 Å². The van der Waals surface area contributed by atoms with Crippen molar-refractivity contribution < 1.29 is 38.3 Å². The van der Waals surface area contributed by atoms with Crippen molar-refractivity contribution in [3.05, 3.63) is 71.8 Å². The number of amides is 7. The van der Waals surface area contributed by atoms with E-state index in [2.05, 4.69) is 21.3 Å². The first-order valence-corrected chi connectivity index (χ1v) is 19.8. The Kier molecular flexibility index (Phi) is 12.9. The Labute approximate surface area is 327 Å². The van der Waals surface area contributed by atoms with Crippen molar-refractivity contribution >= 4 is 41.5 Å². The van der Waals surface area contributed by atoms with Crippen LogP contribution in [-0.2, 0) is 46.5 Å². The van der Waals surface area contributed by atoms with Crippen LogP contribution in [0.3, 0.4) is 0 Å². The van der Waals surface area contributed by atoms with Crippen LogP contribution in [0.25, 0.3) is 0 Å². The second-order valence-electron chi connectivity index (χ2n) is 15.5. The molecule has 8 unspecified atom stereocenters. The van der Waals surface area contributed by atoms with Crippen LogP contribution in [-0.4, -0.2) is 118 Å². The predicted octanol–water partition coefficient (Wildman–Crippen LogP) is 1.64. The molecule has 4 fully saturated rings. The van der Waals surface area contributed by atoms with E-state index < -0.39 is 78.0 Å². The third-order valence-corrected chi connectivity index (χ3v) is 11.2. The molecule has 0 aromatic heterocycles. The first-order chi connectivity index (χ1) is 26.9. The number of hydrogen-bond acceptors (Lipinski definition) is 8. The van der Waals surface area contributed by atoms with Crippen LogP contribution in [0.2, 0.25) is 0 Å². The van der Waals surface area contributed by atoms with Gasteiger partial charge in [0, 0.05) is 32.6 Å². The summed E-state index contributed by atoms with van der Waals surface area (Å²) in [6.45, 7) is 5.96. The lowest BCUT2D eigenvalue weighted by Gasteiger charge is -2.39. The summed E-state index contributed by atoms with van der Waals surface area (Å²) < 4.78 is 5.95. The summed E-state index contributed by atoms with van der Waals surface area (Å²) in [5.74, 6) is -3.44. The van der Waals surface area contributed by atoms with Gasteiger partial charge in [0.2, 0.25) is 29.5 Å². The van der Waals surface area contributed by atoms with Crippen LogP contribution in [0.15, 0.2) is 60.7 Å². The van der Waals surface area contributed by atoms with Crippen LogP contribution in [0.5, 0.6) is 0 Å². The summed E-state index contributed by atoms with van der Waals surface area (Å²) in [6, 6.07) is 11.5. The summed E-state index contributed by atoms with van der Waals surface area (Å²) >= 11 is 0. The quantitative estimate of drug-likeness (QED) is 0.306. The smallest absolute Gasteiger partial charge is 0.329 e. The lowest BCUT2D eigenvalue weighted by Crippen LogP contribution is -2.63. The predicted molar refractivity (Wildman–Crippen MR) is 204 cm³/mol. The molecule has 4 heterocycles. The highest BCUT2D eigenvalue weighted by molar-refractivity contribution is 5.98. The minimum Gasteiger partial charge on any atom is -0.458 e. The highest BCUT2D eigenvalue weighted by atomic mass is 16.5. The number of carbonyl (C=O) groups is 7. The maximum absolute atomic E-state index is 14.7. The fourth-order valence-corrected chi connectivity index (χ4v) is 8.27. The molecule has 4 aliphatic heterocycles. The zero-order valence-electron chi connectivity index (χ0n) is 32.3. The first-order valence-electron chi connectivity index (χ1n) is 19.8. The van der Waals surface area contributed by atoms with Gasteiger partial charge in [0.05, 0.1) is 0 Å². The summed E-state index contributed by atoms with van der Waals surface area (Å²) in [5, 5.41) is 11.1. The molecule has 6 rings (SSSR count). The first kappa shape index (κ1) is 40.2. The number of hydrogen-bond donors (Lipinski definition) is 4. The molecule has 15 heteroatoms. The number of benzene rings is 2. The second-order valence-corrected chi connectivity index (χ2v) is 15.5. The molecule has 0 bridgehead atoms. The van der Waals surface area contributed by atoms with E-state index in [1.807, 2.05) is 67.6 Å². The summed E-state index contributed by atoms with van der Waals surface area (Å²) in [6.07, 6.45) is 1.79. The molecular formula is C41H53N7O8. The minimum absolute atomic E-state index is 0.0522. The van der Waals surface area contributed by atoms with Crippen molar-refractivity contribution in [2.24, 2.45) is 5.92 Å². The van der Waals surface area contributed by atoms with E-state index in [0.717, 1.165) is 11.1 Å². The van der Waals surface area contributed by atoms with Crippen molar-refractivity contribution in [2.75, 3.05) is 19.6 Å². The van der Waals surface area contributed by atoms with E-state index in [0.29, 0.717) is 45.1 Å². The lowest BCUT2D eigenvalue weighted by atomic mass is 9.99. The number of piperidine rings is 1. The lowest BCUT2D eigenvalue weighted by molar-refractivity contribution is -0.163. The minimum atomic E-state index is -1.46. The molecule has 4 aliphatic rings. The molecule has 300 valence electrons. The number of carbonyl (C=O) groups excluding carboxylic acids is 7. The maximum atomic E-state index is 14.7. The largest absolute Gasteiger partial charge is 0.458 e. The SMILES string of the molecule is CC1CC2C(=O)OC(C)C(NC(=O)C(Cc3ccccc3)NC(=O)NCc3ccccc3)C(=O)N3CCCC3C(=O)N3CCCCC3C(=O)NC(C)C(=O)N2C1. The van der Waals surface area contributed by atoms with E-state index >= 15 is 0 Å². The van der Waals surface area contributed by atoms with Crippen LogP contribution < -0.4 is 21.3 Å². The molecule has 4 saturated heterocycles. The normalized spacial score (nSPS) is 28.0. The Bertz CT molecular complexity index is 1780. The molecule has 4 N–H and O–H groups in total. The van der Waals surface area contributed by atoms with Gasteiger partial charge < -0.3 is 40.7 Å². The van der Waals surface area contributed by atoms with Crippen LogP contribution in [0, 0.1) is 5.92 Å². The van der Waals surface area contributed by atoms with Crippen LogP contribution in [0.1, 0.15) is 70.4 Å². The molecule has 56 heavy (non-hydrogen) atoms. The fraction of sp³-hybridized carbons (Fsp3) is 0.537. The molecular weight excluding hydrogens is 718 g/mol. The summed E-state index contributed by atoms with van der Waals surface area (Å²) in [5.41, 5.74) is 1.61. The highest BCUT2D eigenvalue weighted by Crippen LogP contribution is 2.28. The number of rotatable bonds is 7. The van der Waals surface area contributed by atoms with Crippen molar-refractivity contribution in [1.82, 2.24) is 36.0 Å². The number of nitrogens with one attached hydrogen (secondary N) is 4. The molecule has 0 spiro atoms. The number of cyclic esters (lactones) is 1. The van der Waals surface area contributed by atoms with Gasteiger partial charge in [-0.3, -0.25) is 24.0 Å². The van der Waals surface area contributed by atoms with E-state index in [1.165, 1.54) is 21.6 Å². The van der Waals surface area contributed by atoms with Gasteiger partial charge in [-0.25, -0.2) is 9.59 Å². The number of urea groups is 1. The van der Waals surface area contributed by atoms with Crippen LogP contribution in [0.4, 0.5) is 4.79 Å². The zero-order valence-corrected chi connectivity index (χ0v) is 32.3. The Morgan fingerprint density at radius 3 is 2.12 bits per heavy atom. The Balaban J connectivity index is 1.31. The van der Waals surface area contributed by atoms with Gasteiger partial charge in [-0.2, -0.15) is 0 Å². The van der Waals surface area contributed by atoms with Gasteiger partial charge in [0.1, 0.15) is 42.4 Å². The van der Waals surface area contributed by atoms with Gasteiger partial charge >= 0.3 is 12.0 Å². The number of ether oxygens (including phenoxy) is 1. The summed E-state index contributed by atoms with van der Waals surface area (Å²) in [7, 11) is 0. The zero-order chi connectivity index (χ0) is 39.9. The average Bonchev–Trinajstić information content (AvgIpc) is 3.86. The molecule has 2 aromatic rings. The highest BCUT2D eigenvalue weighted by Gasteiger charge is 2.47. The van der Waals surface area contributed by atoms with Crippen molar-refractivity contribution in [2.45, 2.75) is 115 Å². The number of esters is 1. The van der Waals surface area contributed by atoms with E-state index in [9.17, 15) is 33.6 Å². The third kappa shape index (κ3) is 9.31. The van der Waals surface area contributed by atoms with E-state index in [1.54, 1.807) is 6.92 Å². The topological polar surface area (TPSA) is 187 Å². The van der Waals surface area contributed by atoms with Crippen LogP contribution >= 0.6 is 0 Å². The Morgan fingerprint density at radius 2 is 1.41 bits per heavy atom. The van der Waals surface area contributed by atoms with Gasteiger partial charge in [-0.05, 0) is 69.4 Å². The standard InChI is InChI=1S/C41H53N7O8/c1-25-21-33-40(54)56-27(3)34(45-35(49)30(22-28-13-6-4-7-14-28)44-41(55)42-23-29-15-8-5-9-16-29)39(53)47-20-12-18-32(47)38(52)46-19-11-10-17-31(46)36(50)43-26(2)37(51)48(33)24-25/h4-9,13-16,25-27,30-34H,10-12,17-24H2,1-3H3,(H,43,50)(H,45,49)(H2,42,44,55). The van der Waals surface area contributed by atoms with Crippen molar-refractivity contribution in [3.8, 4) is 0 Å². The van der Waals surface area contributed by atoms with Crippen molar-refractivity contribution in [1.29, 1.82) is 0 Å². The van der Waals surface area contributed by atoms with Gasteiger partial charge in [-0.1, -0.05) is 67.6 Å². The Morgan fingerprint density at radius 1 is 0.768 bits per heavy atom. The number of nitrogens with zero attached hydrogens (tertiary/aromatic N) is 3.